The van der Waals surface area contributed by atoms with Gasteiger partial charge in [0.15, 0.2) is 11.7 Å². The van der Waals surface area contributed by atoms with Gasteiger partial charge in [0, 0.05) is 44.0 Å². The summed E-state index contributed by atoms with van der Waals surface area (Å²) < 4.78 is 33.3. The summed E-state index contributed by atoms with van der Waals surface area (Å²) in [5.41, 5.74) is 3.54. The summed E-state index contributed by atoms with van der Waals surface area (Å²) in [6, 6.07) is 15.2. The molecule has 164 valence electrons. The van der Waals surface area contributed by atoms with E-state index in [1.807, 2.05) is 25.1 Å². The molecule has 0 amide bonds. The van der Waals surface area contributed by atoms with Gasteiger partial charge < -0.3 is 14.6 Å². The summed E-state index contributed by atoms with van der Waals surface area (Å²) in [5.74, 6) is 1.14. The molecule has 0 aliphatic carbocycles. The average molecular weight is 451 g/mol. The van der Waals surface area contributed by atoms with Crippen LogP contribution in [0, 0.1) is 6.92 Å². The van der Waals surface area contributed by atoms with Gasteiger partial charge in [-0.05, 0) is 36.4 Å². The Morgan fingerprint density at radius 2 is 1.66 bits per heavy atom. The highest BCUT2D eigenvalue weighted by molar-refractivity contribution is 7.92. The van der Waals surface area contributed by atoms with Crippen LogP contribution in [0.4, 0.5) is 22.9 Å². The number of sulfonamides is 1. The first-order chi connectivity index (χ1) is 15.3. The number of benzene rings is 2. The molecule has 0 bridgehead atoms. The van der Waals surface area contributed by atoms with Crippen LogP contribution >= 0.6 is 0 Å². The van der Waals surface area contributed by atoms with Crippen LogP contribution in [0.5, 0.6) is 0 Å². The van der Waals surface area contributed by atoms with Crippen LogP contribution in [0.2, 0.25) is 0 Å². The Hall–Kier alpha value is -3.92. The van der Waals surface area contributed by atoms with Crippen molar-refractivity contribution in [3.05, 3.63) is 72.9 Å². The number of oxazole rings is 1. The molecule has 2 aromatic heterocycles. The third-order valence-electron chi connectivity index (χ3n) is 4.65. The molecule has 2 aromatic carbocycles. The van der Waals surface area contributed by atoms with E-state index in [9.17, 15) is 8.42 Å². The van der Waals surface area contributed by atoms with Crippen molar-refractivity contribution < 1.29 is 12.8 Å². The topological polar surface area (TPSA) is 113 Å². The second kappa shape index (κ2) is 8.67. The standard InChI is InChI=1S/C22H22N6O3S/c1-15-24-21(14-31-15)16-4-10-20(11-5-16)32(29,30)27-18-8-6-17(7-9-18)25-22-12-19(28(2)3)13-23-26-22/h4-14,27H,1-3H3,(H,25,26). The lowest BCUT2D eigenvalue weighted by molar-refractivity contribution is 0.521. The summed E-state index contributed by atoms with van der Waals surface area (Å²) >= 11 is 0. The van der Waals surface area contributed by atoms with E-state index in [1.165, 1.54) is 18.4 Å². The highest BCUT2D eigenvalue weighted by Crippen LogP contribution is 2.24. The zero-order valence-corrected chi connectivity index (χ0v) is 18.6. The van der Waals surface area contributed by atoms with Gasteiger partial charge in [-0.15, -0.1) is 5.10 Å². The molecule has 32 heavy (non-hydrogen) atoms. The highest BCUT2D eigenvalue weighted by Gasteiger charge is 2.15. The molecule has 2 heterocycles. The van der Waals surface area contributed by atoms with E-state index in [0.29, 0.717) is 23.1 Å². The van der Waals surface area contributed by atoms with Crippen LogP contribution in [0.1, 0.15) is 5.89 Å². The van der Waals surface area contributed by atoms with Crippen LogP contribution in [0.15, 0.2) is 76.4 Å². The summed E-state index contributed by atoms with van der Waals surface area (Å²) in [5, 5.41) is 11.2. The summed E-state index contributed by atoms with van der Waals surface area (Å²) in [7, 11) is 0.106. The first-order valence-electron chi connectivity index (χ1n) is 9.73. The van der Waals surface area contributed by atoms with Gasteiger partial charge in [0.2, 0.25) is 0 Å². The molecular weight excluding hydrogens is 428 g/mol. The molecule has 2 N–H and O–H groups in total. The van der Waals surface area contributed by atoms with E-state index in [-0.39, 0.29) is 4.90 Å². The van der Waals surface area contributed by atoms with E-state index in [1.54, 1.807) is 49.5 Å². The molecule has 0 aliphatic rings. The molecular formula is C22H22N6O3S. The first-order valence-corrected chi connectivity index (χ1v) is 11.2. The number of aromatic nitrogens is 3. The number of hydrogen-bond donors (Lipinski definition) is 2. The van der Waals surface area contributed by atoms with E-state index in [2.05, 4.69) is 25.2 Å². The van der Waals surface area contributed by atoms with Crippen molar-refractivity contribution in [3.63, 3.8) is 0 Å². The van der Waals surface area contributed by atoms with Crippen molar-refractivity contribution in [2.45, 2.75) is 11.8 Å². The molecule has 0 atom stereocenters. The monoisotopic (exact) mass is 450 g/mol. The molecule has 0 aliphatic heterocycles. The molecule has 0 fully saturated rings. The van der Waals surface area contributed by atoms with Crippen LogP contribution < -0.4 is 14.9 Å². The van der Waals surface area contributed by atoms with Crippen LogP contribution in [0.25, 0.3) is 11.3 Å². The minimum atomic E-state index is -3.74. The quantitative estimate of drug-likeness (QED) is 0.434. The van der Waals surface area contributed by atoms with E-state index in [4.69, 9.17) is 4.42 Å². The van der Waals surface area contributed by atoms with E-state index < -0.39 is 10.0 Å². The largest absolute Gasteiger partial charge is 0.449 e. The number of hydrogen-bond acceptors (Lipinski definition) is 8. The van der Waals surface area contributed by atoms with Crippen LogP contribution in [0.3, 0.4) is 0 Å². The number of aryl methyl sites for hydroxylation is 1. The summed E-state index contributed by atoms with van der Waals surface area (Å²) in [6.07, 6.45) is 3.21. The molecule has 9 nitrogen and oxygen atoms in total. The molecule has 4 rings (SSSR count). The third kappa shape index (κ3) is 4.86. The molecule has 10 heteroatoms. The Kier molecular flexibility index (Phi) is 5.78. The number of nitrogens with zero attached hydrogens (tertiary/aromatic N) is 4. The molecule has 0 spiro atoms. The second-order valence-corrected chi connectivity index (χ2v) is 8.96. The van der Waals surface area contributed by atoms with Gasteiger partial charge in [-0.2, -0.15) is 5.10 Å². The lowest BCUT2D eigenvalue weighted by atomic mass is 10.2. The lowest BCUT2D eigenvalue weighted by Crippen LogP contribution is -2.12. The summed E-state index contributed by atoms with van der Waals surface area (Å²) in [4.78, 5) is 6.32. The Morgan fingerprint density at radius 1 is 0.969 bits per heavy atom. The van der Waals surface area contributed by atoms with Gasteiger partial charge in [0.1, 0.15) is 12.0 Å². The predicted octanol–water partition coefficient (Wildman–Crippen LogP) is 4.05. The van der Waals surface area contributed by atoms with E-state index >= 15 is 0 Å². The van der Waals surface area contributed by atoms with Gasteiger partial charge in [-0.3, -0.25) is 4.72 Å². The smallest absolute Gasteiger partial charge is 0.261 e. The van der Waals surface area contributed by atoms with Crippen LogP contribution in [-0.4, -0.2) is 37.7 Å². The van der Waals surface area contributed by atoms with Crippen molar-refractivity contribution in [2.24, 2.45) is 0 Å². The first kappa shape index (κ1) is 21.3. The fraction of sp³-hybridized carbons (Fsp3) is 0.136. The SMILES string of the molecule is Cc1nc(-c2ccc(S(=O)(=O)Nc3ccc(Nc4cc(N(C)C)cnn4)cc3)cc2)co1. The van der Waals surface area contributed by atoms with Crippen LogP contribution in [-0.2, 0) is 10.0 Å². The molecule has 0 unspecified atom stereocenters. The van der Waals surface area contributed by atoms with Crippen molar-refractivity contribution >= 4 is 32.9 Å². The normalized spacial score (nSPS) is 11.2. The number of rotatable bonds is 7. The molecule has 0 saturated heterocycles. The fourth-order valence-corrected chi connectivity index (χ4v) is 4.01. The van der Waals surface area contributed by atoms with Crippen molar-refractivity contribution in [1.29, 1.82) is 0 Å². The maximum Gasteiger partial charge on any atom is 0.261 e. The Morgan fingerprint density at radius 3 is 2.28 bits per heavy atom. The van der Waals surface area contributed by atoms with Gasteiger partial charge >= 0.3 is 0 Å². The van der Waals surface area contributed by atoms with E-state index in [0.717, 1.165) is 16.9 Å². The average Bonchev–Trinajstić information content (AvgIpc) is 3.21. The Balaban J connectivity index is 1.45. The van der Waals surface area contributed by atoms with Crippen molar-refractivity contribution in [1.82, 2.24) is 15.2 Å². The zero-order chi connectivity index (χ0) is 22.7. The van der Waals surface area contributed by atoms with Gasteiger partial charge in [-0.25, -0.2) is 13.4 Å². The highest BCUT2D eigenvalue weighted by atomic mass is 32.2. The minimum Gasteiger partial charge on any atom is -0.449 e. The third-order valence-corrected chi connectivity index (χ3v) is 6.04. The van der Waals surface area contributed by atoms with Gasteiger partial charge in [0.05, 0.1) is 16.8 Å². The summed E-state index contributed by atoms with van der Waals surface area (Å²) in [6.45, 7) is 1.75. The molecule has 4 aromatic rings. The predicted molar refractivity (Wildman–Crippen MR) is 124 cm³/mol. The second-order valence-electron chi connectivity index (χ2n) is 7.28. The molecule has 0 radical (unpaired) electrons. The maximum absolute atomic E-state index is 12.7. The molecule has 0 saturated carbocycles. The van der Waals surface area contributed by atoms with Crippen molar-refractivity contribution in [3.8, 4) is 11.3 Å². The fourth-order valence-electron chi connectivity index (χ4n) is 2.95. The number of nitrogens with one attached hydrogen (secondary N) is 2. The Labute approximate surface area is 186 Å². The van der Waals surface area contributed by atoms with Crippen molar-refractivity contribution in [2.75, 3.05) is 29.0 Å². The van der Waals surface area contributed by atoms with Gasteiger partial charge in [-0.1, -0.05) is 12.1 Å². The number of anilines is 4. The maximum atomic E-state index is 12.7. The van der Waals surface area contributed by atoms with Gasteiger partial charge in [0.25, 0.3) is 10.0 Å². The zero-order valence-electron chi connectivity index (χ0n) is 17.8. The Bertz CT molecular complexity index is 1320. The lowest BCUT2D eigenvalue weighted by Gasteiger charge is -2.13. The minimum absolute atomic E-state index is 0.152.